The minimum Gasteiger partial charge on any atom is -0.507 e. The van der Waals surface area contributed by atoms with Crippen molar-refractivity contribution in [1.82, 2.24) is 0 Å². The molecule has 0 heterocycles. The highest BCUT2D eigenvalue weighted by Crippen LogP contribution is 2.43. The molecule has 0 bridgehead atoms. The Morgan fingerprint density at radius 2 is 1.92 bits per heavy atom. The molecular weight excluding hydrogens is 352 g/mol. The molecule has 2 rings (SSSR count). The zero-order valence-corrected chi connectivity index (χ0v) is 15.5. The number of carboxylic acids is 1. The Morgan fingerprint density at radius 1 is 1.27 bits per heavy atom. The van der Waals surface area contributed by atoms with E-state index in [2.05, 4.69) is 6.58 Å². The van der Waals surface area contributed by atoms with Gasteiger partial charge in [0.1, 0.15) is 17.1 Å². The number of carboxylic acid groups (broad SMARTS) is 1. The third kappa shape index (κ3) is 4.27. The number of ether oxygens (including phenoxy) is 1. The summed E-state index contributed by atoms with van der Waals surface area (Å²) in [6.45, 7) is 5.69. The predicted octanol–water partition coefficient (Wildman–Crippen LogP) is 5.43. The molecule has 4 nitrogen and oxygen atoms in total. The minimum atomic E-state index is -1.25. The minimum absolute atomic E-state index is 0.159. The number of carbonyl (C=O) groups is 1. The van der Waals surface area contributed by atoms with Crippen molar-refractivity contribution in [3.63, 3.8) is 0 Å². The summed E-state index contributed by atoms with van der Waals surface area (Å²) < 4.78 is 5.37. The molecule has 2 aromatic rings. The van der Waals surface area contributed by atoms with Crippen molar-refractivity contribution in [1.29, 1.82) is 0 Å². The van der Waals surface area contributed by atoms with Crippen molar-refractivity contribution in [2.45, 2.75) is 19.8 Å². The fourth-order valence-corrected chi connectivity index (χ4v) is 3.00. The lowest BCUT2D eigenvalue weighted by atomic mass is 9.96. The zero-order chi connectivity index (χ0) is 19.3. The molecule has 0 radical (unpaired) electrons. The molecule has 0 spiro atoms. The van der Waals surface area contributed by atoms with Crippen molar-refractivity contribution < 1.29 is 19.7 Å². The van der Waals surface area contributed by atoms with Crippen LogP contribution in [0.25, 0.3) is 12.2 Å². The van der Waals surface area contributed by atoms with E-state index >= 15 is 0 Å². The van der Waals surface area contributed by atoms with Crippen LogP contribution in [0.1, 0.15) is 40.4 Å². The van der Waals surface area contributed by atoms with Crippen LogP contribution in [0.2, 0.25) is 5.02 Å². The van der Waals surface area contributed by atoms with E-state index in [4.69, 9.17) is 16.3 Å². The van der Waals surface area contributed by atoms with Gasteiger partial charge in [0.15, 0.2) is 0 Å². The lowest BCUT2D eigenvalue weighted by Gasteiger charge is -2.17. The van der Waals surface area contributed by atoms with Crippen molar-refractivity contribution in [2.24, 2.45) is 0 Å². The van der Waals surface area contributed by atoms with Crippen LogP contribution in [0.15, 0.2) is 42.5 Å². The standard InChI is InChI=1S/C21H21ClO4/c1-13(2)9-11-16-19(23)17(21(24)25)15(18(22)20(16)26-3)12-10-14-7-5-4-6-8-14/h4-8,10,12,23H,1,9,11H2,2-3H3,(H,24,25). The maximum Gasteiger partial charge on any atom is 0.340 e. The van der Waals surface area contributed by atoms with Crippen LogP contribution in [0.3, 0.4) is 0 Å². The molecule has 2 aromatic carbocycles. The lowest BCUT2D eigenvalue weighted by Crippen LogP contribution is -2.06. The second-order valence-corrected chi connectivity index (χ2v) is 6.35. The van der Waals surface area contributed by atoms with Crippen molar-refractivity contribution >= 4 is 29.7 Å². The molecule has 26 heavy (non-hydrogen) atoms. The van der Waals surface area contributed by atoms with E-state index in [0.717, 1.165) is 11.1 Å². The largest absolute Gasteiger partial charge is 0.507 e. The first-order valence-corrected chi connectivity index (χ1v) is 8.46. The highest BCUT2D eigenvalue weighted by molar-refractivity contribution is 6.34. The highest BCUT2D eigenvalue weighted by atomic mass is 35.5. The van der Waals surface area contributed by atoms with E-state index in [1.54, 1.807) is 12.2 Å². The first-order valence-electron chi connectivity index (χ1n) is 8.08. The van der Waals surface area contributed by atoms with Gasteiger partial charge >= 0.3 is 5.97 Å². The molecule has 0 unspecified atom stereocenters. The van der Waals surface area contributed by atoms with Crippen molar-refractivity contribution in [3.05, 3.63) is 69.8 Å². The van der Waals surface area contributed by atoms with E-state index in [0.29, 0.717) is 18.4 Å². The molecule has 0 saturated heterocycles. The Bertz CT molecular complexity index is 854. The summed E-state index contributed by atoms with van der Waals surface area (Å²) in [6, 6.07) is 9.39. The molecule has 2 N–H and O–H groups in total. The number of halogens is 1. The number of rotatable bonds is 7. The van der Waals surface area contributed by atoms with Gasteiger partial charge in [-0.2, -0.15) is 0 Å². The Hall–Kier alpha value is -2.72. The molecule has 0 aliphatic carbocycles. The Balaban J connectivity index is 2.63. The fraction of sp³-hybridized carbons (Fsp3) is 0.190. The van der Waals surface area contributed by atoms with Crippen LogP contribution < -0.4 is 4.74 Å². The third-order valence-electron chi connectivity index (χ3n) is 3.96. The van der Waals surface area contributed by atoms with Crippen LogP contribution in [0.4, 0.5) is 0 Å². The maximum absolute atomic E-state index is 11.8. The fourth-order valence-electron chi connectivity index (χ4n) is 2.65. The number of aromatic carboxylic acids is 1. The van der Waals surface area contributed by atoms with E-state index in [1.165, 1.54) is 7.11 Å². The van der Waals surface area contributed by atoms with Gasteiger partial charge in [-0.05, 0) is 25.3 Å². The molecule has 0 amide bonds. The summed E-state index contributed by atoms with van der Waals surface area (Å²) in [5, 5.41) is 20.4. The monoisotopic (exact) mass is 372 g/mol. The van der Waals surface area contributed by atoms with Crippen LogP contribution in [0.5, 0.6) is 11.5 Å². The summed E-state index contributed by atoms with van der Waals surface area (Å²) in [4.78, 5) is 11.8. The van der Waals surface area contributed by atoms with E-state index in [9.17, 15) is 15.0 Å². The Kier molecular flexibility index (Phi) is 6.47. The van der Waals surface area contributed by atoms with Crippen molar-refractivity contribution in [2.75, 3.05) is 7.11 Å². The summed E-state index contributed by atoms with van der Waals surface area (Å²) in [5.41, 5.74) is 2.13. The van der Waals surface area contributed by atoms with E-state index in [-0.39, 0.29) is 27.6 Å². The van der Waals surface area contributed by atoms with E-state index < -0.39 is 5.97 Å². The number of hydrogen-bond acceptors (Lipinski definition) is 3. The summed E-state index contributed by atoms with van der Waals surface area (Å²) in [5.74, 6) is -1.30. The van der Waals surface area contributed by atoms with E-state index in [1.807, 2.05) is 37.3 Å². The molecular formula is C21H21ClO4. The van der Waals surface area contributed by atoms with Crippen LogP contribution in [-0.2, 0) is 6.42 Å². The first kappa shape index (κ1) is 19.6. The number of methoxy groups -OCH3 is 1. The SMILES string of the molecule is C=C(C)CCc1c(O)c(C(=O)O)c(C=Cc2ccccc2)c(Cl)c1OC. The van der Waals surface area contributed by atoms with Crippen LogP contribution in [0, 0.1) is 0 Å². The van der Waals surface area contributed by atoms with Gasteiger partial charge in [-0.1, -0.05) is 59.7 Å². The number of hydrogen-bond donors (Lipinski definition) is 2. The smallest absolute Gasteiger partial charge is 0.340 e. The van der Waals surface area contributed by atoms with Gasteiger partial charge in [-0.15, -0.1) is 6.58 Å². The molecule has 0 aliphatic rings. The lowest BCUT2D eigenvalue weighted by molar-refractivity contribution is 0.0693. The van der Waals surface area contributed by atoms with Gasteiger partial charge in [-0.25, -0.2) is 4.79 Å². The van der Waals surface area contributed by atoms with Gasteiger partial charge in [-0.3, -0.25) is 0 Å². The second-order valence-electron chi connectivity index (χ2n) is 5.97. The molecule has 136 valence electrons. The summed E-state index contributed by atoms with van der Waals surface area (Å²) >= 11 is 6.44. The van der Waals surface area contributed by atoms with Gasteiger partial charge in [0.2, 0.25) is 0 Å². The highest BCUT2D eigenvalue weighted by Gasteiger charge is 2.26. The molecule has 5 heteroatoms. The average Bonchev–Trinajstić information content (AvgIpc) is 2.60. The molecule has 0 aromatic heterocycles. The summed E-state index contributed by atoms with van der Waals surface area (Å²) in [6.07, 6.45) is 4.28. The maximum atomic E-state index is 11.8. The number of phenols is 1. The normalized spacial score (nSPS) is 10.9. The molecule has 0 aliphatic heterocycles. The summed E-state index contributed by atoms with van der Waals surface area (Å²) in [7, 11) is 1.44. The topological polar surface area (TPSA) is 66.8 Å². The number of benzene rings is 2. The van der Waals surface area contributed by atoms with Gasteiger partial charge in [0.25, 0.3) is 0 Å². The van der Waals surface area contributed by atoms with Gasteiger partial charge < -0.3 is 14.9 Å². The Labute approximate surface area is 158 Å². The predicted molar refractivity (Wildman–Crippen MR) is 105 cm³/mol. The Morgan fingerprint density at radius 3 is 2.46 bits per heavy atom. The first-order chi connectivity index (χ1) is 12.4. The number of allylic oxidation sites excluding steroid dienone is 1. The molecule has 0 saturated carbocycles. The van der Waals surface area contributed by atoms with Crippen LogP contribution in [-0.4, -0.2) is 23.3 Å². The van der Waals surface area contributed by atoms with Gasteiger partial charge in [0, 0.05) is 11.1 Å². The zero-order valence-electron chi connectivity index (χ0n) is 14.8. The van der Waals surface area contributed by atoms with Gasteiger partial charge in [0.05, 0.1) is 12.1 Å². The van der Waals surface area contributed by atoms with Crippen molar-refractivity contribution in [3.8, 4) is 11.5 Å². The number of aromatic hydroxyl groups is 1. The third-order valence-corrected chi connectivity index (χ3v) is 4.34. The van der Waals surface area contributed by atoms with Crippen LogP contribution >= 0.6 is 11.6 Å². The molecule has 0 fully saturated rings. The molecule has 0 atom stereocenters. The average molecular weight is 373 g/mol. The quantitative estimate of drug-likeness (QED) is 0.502. The second kappa shape index (κ2) is 8.59.